The fraction of sp³-hybridized carbons (Fsp3) is 0.905. The third kappa shape index (κ3) is 3.78. The largest absolute Gasteiger partial charge is 0.394 e. The van der Waals surface area contributed by atoms with Crippen molar-refractivity contribution in [1.82, 2.24) is 0 Å². The lowest BCUT2D eigenvalue weighted by Crippen LogP contribution is -2.64. The average Bonchev–Trinajstić information content (AvgIpc) is 2.67. The van der Waals surface area contributed by atoms with Crippen molar-refractivity contribution in [2.45, 2.75) is 89.6 Å². The molecule has 11 unspecified atom stereocenters. The first-order valence-corrected chi connectivity index (χ1v) is 10.5. The first-order chi connectivity index (χ1) is 13.5. The smallest absolute Gasteiger partial charge is 0.187 e. The zero-order chi connectivity index (χ0) is 21.7. The molecule has 0 aromatic heterocycles. The van der Waals surface area contributed by atoms with Gasteiger partial charge in [0.2, 0.25) is 0 Å². The molecule has 3 rings (SSSR count). The molecule has 168 valence electrons. The van der Waals surface area contributed by atoms with Crippen molar-refractivity contribution in [3.05, 3.63) is 11.6 Å². The summed E-state index contributed by atoms with van der Waals surface area (Å²) in [5.74, 6) is -0.241. The van der Waals surface area contributed by atoms with Crippen molar-refractivity contribution in [3.8, 4) is 0 Å². The van der Waals surface area contributed by atoms with Crippen LogP contribution in [-0.4, -0.2) is 86.3 Å². The lowest BCUT2D eigenvalue weighted by molar-refractivity contribution is -0.330. The SMILES string of the molecule is CC1=CCC(O)C2(C)C(O)CC(C(C)C)C(OC3OC(CO)C(O)C(O)C3O)C12. The van der Waals surface area contributed by atoms with Gasteiger partial charge in [-0.1, -0.05) is 32.4 Å². The Hall–Kier alpha value is -0.580. The van der Waals surface area contributed by atoms with Gasteiger partial charge in [0.1, 0.15) is 24.4 Å². The molecule has 0 radical (unpaired) electrons. The van der Waals surface area contributed by atoms with Crippen LogP contribution in [0.1, 0.15) is 40.5 Å². The number of aliphatic hydroxyl groups excluding tert-OH is 6. The second-order valence-corrected chi connectivity index (χ2v) is 9.50. The highest BCUT2D eigenvalue weighted by Crippen LogP contribution is 2.54. The standard InChI is InChI=1S/C21H36O8/c1-9(2)11-7-14(24)21(4)13(23)6-5-10(3)15(21)19(11)29-20-18(27)17(26)16(25)12(8-22)28-20/h5,9,11-20,22-27H,6-8H2,1-4H3. The highest BCUT2D eigenvalue weighted by Gasteiger charge is 2.59. The van der Waals surface area contributed by atoms with Crippen LogP contribution < -0.4 is 0 Å². The van der Waals surface area contributed by atoms with E-state index in [0.717, 1.165) is 5.57 Å². The lowest BCUT2D eigenvalue weighted by atomic mass is 9.53. The number of rotatable bonds is 4. The van der Waals surface area contributed by atoms with Crippen LogP contribution in [0.3, 0.4) is 0 Å². The summed E-state index contributed by atoms with van der Waals surface area (Å²) in [4.78, 5) is 0. The Morgan fingerprint density at radius 3 is 2.34 bits per heavy atom. The van der Waals surface area contributed by atoms with Crippen LogP contribution in [-0.2, 0) is 9.47 Å². The topological polar surface area (TPSA) is 140 Å². The van der Waals surface area contributed by atoms with Gasteiger partial charge in [0.25, 0.3) is 0 Å². The maximum Gasteiger partial charge on any atom is 0.187 e. The number of hydrogen-bond acceptors (Lipinski definition) is 8. The molecule has 1 aliphatic heterocycles. The highest BCUT2D eigenvalue weighted by atomic mass is 16.7. The third-order valence-electron chi connectivity index (χ3n) is 7.50. The second-order valence-electron chi connectivity index (χ2n) is 9.50. The zero-order valence-electron chi connectivity index (χ0n) is 17.5. The normalized spacial score (nSPS) is 50.9. The van der Waals surface area contributed by atoms with E-state index in [2.05, 4.69) is 0 Å². The quantitative estimate of drug-likeness (QED) is 0.339. The third-order valence-corrected chi connectivity index (χ3v) is 7.50. The highest BCUT2D eigenvalue weighted by molar-refractivity contribution is 5.22. The summed E-state index contributed by atoms with van der Waals surface area (Å²) in [6.07, 6.45) is -5.86. The van der Waals surface area contributed by atoms with Gasteiger partial charge in [-0.05, 0) is 31.6 Å². The van der Waals surface area contributed by atoms with Crippen LogP contribution in [0.5, 0.6) is 0 Å². The van der Waals surface area contributed by atoms with Gasteiger partial charge in [0, 0.05) is 11.3 Å². The van der Waals surface area contributed by atoms with E-state index >= 15 is 0 Å². The Labute approximate surface area is 171 Å². The molecular weight excluding hydrogens is 380 g/mol. The fourth-order valence-electron chi connectivity index (χ4n) is 5.48. The van der Waals surface area contributed by atoms with E-state index in [1.54, 1.807) is 0 Å². The molecule has 8 nitrogen and oxygen atoms in total. The monoisotopic (exact) mass is 416 g/mol. The minimum atomic E-state index is -1.52. The maximum atomic E-state index is 11.0. The molecule has 0 spiro atoms. The average molecular weight is 417 g/mol. The maximum absolute atomic E-state index is 11.0. The Kier molecular flexibility index (Phi) is 6.78. The van der Waals surface area contributed by atoms with Crippen molar-refractivity contribution < 1.29 is 40.1 Å². The van der Waals surface area contributed by atoms with Crippen LogP contribution in [0, 0.1) is 23.2 Å². The fourth-order valence-corrected chi connectivity index (χ4v) is 5.48. The molecule has 6 N–H and O–H groups in total. The van der Waals surface area contributed by atoms with Gasteiger partial charge < -0.3 is 40.1 Å². The van der Waals surface area contributed by atoms with Crippen LogP contribution in [0.25, 0.3) is 0 Å². The Bertz CT molecular complexity index is 607. The van der Waals surface area contributed by atoms with Crippen molar-refractivity contribution in [1.29, 1.82) is 0 Å². The van der Waals surface area contributed by atoms with E-state index in [1.165, 1.54) is 0 Å². The molecule has 2 aliphatic carbocycles. The molecule has 8 heteroatoms. The van der Waals surface area contributed by atoms with Gasteiger partial charge in [-0.15, -0.1) is 0 Å². The predicted molar refractivity (Wildman–Crippen MR) is 104 cm³/mol. The molecule has 1 saturated carbocycles. The van der Waals surface area contributed by atoms with Crippen molar-refractivity contribution >= 4 is 0 Å². The summed E-state index contributed by atoms with van der Waals surface area (Å²) in [6, 6.07) is 0. The summed E-state index contributed by atoms with van der Waals surface area (Å²) < 4.78 is 11.8. The van der Waals surface area contributed by atoms with Gasteiger partial charge in [-0.2, -0.15) is 0 Å². The summed E-state index contributed by atoms with van der Waals surface area (Å²) in [5, 5.41) is 61.8. The molecule has 0 aromatic rings. The van der Waals surface area contributed by atoms with Crippen molar-refractivity contribution in [3.63, 3.8) is 0 Å². The molecule has 1 saturated heterocycles. The molecule has 29 heavy (non-hydrogen) atoms. The van der Waals surface area contributed by atoms with E-state index in [0.29, 0.717) is 12.8 Å². The Morgan fingerprint density at radius 1 is 1.10 bits per heavy atom. The van der Waals surface area contributed by atoms with Gasteiger partial charge in [0.15, 0.2) is 6.29 Å². The van der Waals surface area contributed by atoms with Gasteiger partial charge in [0.05, 0.1) is 24.9 Å². The first-order valence-electron chi connectivity index (χ1n) is 10.5. The minimum Gasteiger partial charge on any atom is -0.394 e. The van der Waals surface area contributed by atoms with Crippen molar-refractivity contribution in [2.75, 3.05) is 6.61 Å². The second kappa shape index (κ2) is 8.51. The van der Waals surface area contributed by atoms with Gasteiger partial charge in [-0.3, -0.25) is 0 Å². The Balaban J connectivity index is 1.95. The summed E-state index contributed by atoms with van der Waals surface area (Å²) in [5.41, 5.74) is 0.181. The zero-order valence-corrected chi connectivity index (χ0v) is 17.5. The number of ether oxygens (including phenoxy) is 2. The van der Waals surface area contributed by atoms with Gasteiger partial charge >= 0.3 is 0 Å². The summed E-state index contributed by atoms with van der Waals surface area (Å²) in [6.45, 7) is 7.35. The number of hydrogen-bond donors (Lipinski definition) is 6. The van der Waals surface area contributed by atoms with E-state index in [9.17, 15) is 30.6 Å². The molecular formula is C21H36O8. The molecule has 0 amide bonds. The molecule has 0 aromatic carbocycles. The van der Waals surface area contributed by atoms with E-state index in [1.807, 2.05) is 33.8 Å². The van der Waals surface area contributed by atoms with Crippen LogP contribution in [0.15, 0.2) is 11.6 Å². The number of aliphatic hydroxyl groups is 6. The summed E-state index contributed by atoms with van der Waals surface area (Å²) in [7, 11) is 0. The molecule has 11 atom stereocenters. The van der Waals surface area contributed by atoms with Crippen molar-refractivity contribution in [2.24, 2.45) is 23.2 Å². The Morgan fingerprint density at radius 2 is 1.76 bits per heavy atom. The predicted octanol–water partition coefficient (Wildman–Crippen LogP) is -0.458. The molecule has 3 aliphatic rings. The first kappa shape index (κ1) is 23.1. The minimum absolute atomic E-state index is 0.0795. The van der Waals surface area contributed by atoms with Crippen LogP contribution in [0.4, 0.5) is 0 Å². The lowest BCUT2D eigenvalue weighted by Gasteiger charge is -2.57. The van der Waals surface area contributed by atoms with Crippen LogP contribution in [0.2, 0.25) is 0 Å². The molecule has 1 heterocycles. The van der Waals surface area contributed by atoms with Crippen LogP contribution >= 0.6 is 0 Å². The van der Waals surface area contributed by atoms with E-state index in [4.69, 9.17) is 9.47 Å². The van der Waals surface area contributed by atoms with Gasteiger partial charge in [-0.25, -0.2) is 0 Å². The summed E-state index contributed by atoms with van der Waals surface area (Å²) >= 11 is 0. The van der Waals surface area contributed by atoms with E-state index in [-0.39, 0.29) is 17.8 Å². The van der Waals surface area contributed by atoms with E-state index < -0.39 is 61.0 Å². The molecule has 2 fully saturated rings. The molecule has 0 bridgehead atoms. The number of fused-ring (bicyclic) bond motifs is 1.